The van der Waals surface area contributed by atoms with Crippen LogP contribution in [0.3, 0.4) is 0 Å². The van der Waals surface area contributed by atoms with E-state index in [-0.39, 0.29) is 5.91 Å². The molecule has 2 rings (SSSR count). The number of nitrogens with two attached hydrogens (primary N) is 1. The van der Waals surface area contributed by atoms with Gasteiger partial charge in [0.25, 0.3) is 5.91 Å². The third-order valence-corrected chi connectivity index (χ3v) is 3.94. The SMILES string of the molecule is C/C=C(\C=C(/C)C(=O)Nc1cc(C(=O)OC)n(C)c1)c1ccc(N)cc1. The largest absolute Gasteiger partial charge is 0.464 e. The highest BCUT2D eigenvalue weighted by atomic mass is 16.5. The van der Waals surface area contributed by atoms with Crippen LogP contribution in [0.15, 0.2) is 54.3 Å². The lowest BCUT2D eigenvalue weighted by Gasteiger charge is -2.06. The predicted molar refractivity (Wildman–Crippen MR) is 104 cm³/mol. The summed E-state index contributed by atoms with van der Waals surface area (Å²) in [5.41, 5.74) is 9.72. The standard InChI is InChI=1S/C20H23N3O3/c1-5-14(15-6-8-16(21)9-7-15)10-13(2)19(24)22-17-11-18(20(25)26-4)23(3)12-17/h5-12H,21H2,1-4H3,(H,22,24)/b13-10+,14-5+. The third-order valence-electron chi connectivity index (χ3n) is 3.94. The molecule has 1 aromatic carbocycles. The number of carbonyl (C=O) groups excluding carboxylic acids is 2. The van der Waals surface area contributed by atoms with E-state index in [1.165, 1.54) is 7.11 Å². The Labute approximate surface area is 153 Å². The fourth-order valence-corrected chi connectivity index (χ4v) is 2.48. The molecule has 0 unspecified atom stereocenters. The molecule has 0 aliphatic rings. The summed E-state index contributed by atoms with van der Waals surface area (Å²) in [6.45, 7) is 3.65. The van der Waals surface area contributed by atoms with Crippen LogP contribution in [0.1, 0.15) is 29.9 Å². The van der Waals surface area contributed by atoms with Crippen molar-refractivity contribution in [2.45, 2.75) is 13.8 Å². The number of allylic oxidation sites excluding steroid dienone is 3. The summed E-state index contributed by atoms with van der Waals surface area (Å²) < 4.78 is 6.31. The summed E-state index contributed by atoms with van der Waals surface area (Å²) >= 11 is 0. The molecule has 6 nitrogen and oxygen atoms in total. The number of carbonyl (C=O) groups is 2. The molecule has 0 saturated heterocycles. The smallest absolute Gasteiger partial charge is 0.354 e. The zero-order valence-corrected chi connectivity index (χ0v) is 15.4. The van der Waals surface area contributed by atoms with Crippen molar-refractivity contribution in [3.8, 4) is 0 Å². The Morgan fingerprint density at radius 1 is 1.23 bits per heavy atom. The van der Waals surface area contributed by atoms with Gasteiger partial charge in [0.05, 0.1) is 12.8 Å². The number of ether oxygens (including phenoxy) is 1. The van der Waals surface area contributed by atoms with Gasteiger partial charge in [-0.25, -0.2) is 4.79 Å². The summed E-state index contributed by atoms with van der Waals surface area (Å²) in [5.74, 6) is -0.707. The molecule has 1 aromatic heterocycles. The van der Waals surface area contributed by atoms with Gasteiger partial charge in [0, 0.05) is 24.5 Å². The van der Waals surface area contributed by atoms with Crippen LogP contribution in [0.25, 0.3) is 5.57 Å². The number of hydrogen-bond acceptors (Lipinski definition) is 4. The molecule has 0 fully saturated rings. The Bertz CT molecular complexity index is 874. The molecule has 0 aliphatic heterocycles. The maximum atomic E-state index is 12.5. The molecule has 0 radical (unpaired) electrons. The molecule has 26 heavy (non-hydrogen) atoms. The summed E-state index contributed by atoms with van der Waals surface area (Å²) in [6, 6.07) is 9.03. The van der Waals surface area contributed by atoms with Crippen LogP contribution in [0.2, 0.25) is 0 Å². The van der Waals surface area contributed by atoms with Gasteiger partial charge in [-0.1, -0.05) is 18.2 Å². The first-order valence-electron chi connectivity index (χ1n) is 8.12. The Balaban J connectivity index is 2.17. The van der Waals surface area contributed by atoms with Gasteiger partial charge in [-0.05, 0) is 49.3 Å². The summed E-state index contributed by atoms with van der Waals surface area (Å²) in [5, 5.41) is 2.79. The molecule has 0 aliphatic carbocycles. The highest BCUT2D eigenvalue weighted by molar-refractivity contribution is 6.05. The van der Waals surface area contributed by atoms with Crippen LogP contribution in [0, 0.1) is 0 Å². The van der Waals surface area contributed by atoms with Gasteiger partial charge in [0.15, 0.2) is 0 Å². The fourth-order valence-electron chi connectivity index (χ4n) is 2.48. The summed E-state index contributed by atoms with van der Waals surface area (Å²) in [4.78, 5) is 24.1. The quantitative estimate of drug-likeness (QED) is 0.373. The number of benzene rings is 1. The van der Waals surface area contributed by atoms with Gasteiger partial charge in [-0.2, -0.15) is 0 Å². The molecular formula is C20H23N3O3. The third kappa shape index (κ3) is 4.42. The molecule has 0 saturated carbocycles. The lowest BCUT2D eigenvalue weighted by atomic mass is 10.0. The monoisotopic (exact) mass is 353 g/mol. The number of nitrogens with zero attached hydrogens (tertiary/aromatic N) is 1. The Morgan fingerprint density at radius 2 is 1.88 bits per heavy atom. The molecule has 3 N–H and O–H groups in total. The second-order valence-electron chi connectivity index (χ2n) is 5.86. The van der Waals surface area contributed by atoms with Crippen molar-refractivity contribution in [3.63, 3.8) is 0 Å². The second kappa shape index (κ2) is 8.20. The topological polar surface area (TPSA) is 86.4 Å². The van der Waals surface area contributed by atoms with Crippen LogP contribution < -0.4 is 11.1 Å². The first-order chi connectivity index (χ1) is 12.3. The van der Waals surface area contributed by atoms with Gasteiger partial charge in [-0.3, -0.25) is 4.79 Å². The average molecular weight is 353 g/mol. The van der Waals surface area contributed by atoms with E-state index in [2.05, 4.69) is 5.32 Å². The van der Waals surface area contributed by atoms with E-state index in [1.54, 1.807) is 30.8 Å². The number of aromatic nitrogens is 1. The predicted octanol–water partition coefficient (Wildman–Crippen LogP) is 3.38. The lowest BCUT2D eigenvalue weighted by molar-refractivity contribution is -0.112. The minimum absolute atomic E-state index is 0.248. The molecule has 136 valence electrons. The average Bonchev–Trinajstić information content (AvgIpc) is 2.99. The van der Waals surface area contributed by atoms with Crippen molar-refractivity contribution >= 4 is 28.8 Å². The maximum absolute atomic E-state index is 12.5. The summed E-state index contributed by atoms with van der Waals surface area (Å²) in [6.07, 6.45) is 5.40. The number of nitrogen functional groups attached to an aromatic ring is 1. The van der Waals surface area contributed by atoms with E-state index in [0.717, 1.165) is 11.1 Å². The van der Waals surface area contributed by atoms with Gasteiger partial charge in [0.2, 0.25) is 0 Å². The number of esters is 1. The highest BCUT2D eigenvalue weighted by Crippen LogP contribution is 2.20. The first-order valence-corrected chi connectivity index (χ1v) is 8.12. The van der Waals surface area contributed by atoms with Crippen LogP contribution in [-0.2, 0) is 16.6 Å². The number of methoxy groups -OCH3 is 1. The number of hydrogen-bond donors (Lipinski definition) is 2. The fraction of sp³-hybridized carbons (Fsp3) is 0.200. The zero-order valence-electron chi connectivity index (χ0n) is 15.4. The van der Waals surface area contributed by atoms with Gasteiger partial charge in [-0.15, -0.1) is 0 Å². The van der Waals surface area contributed by atoms with Gasteiger partial charge in [0.1, 0.15) is 5.69 Å². The van der Waals surface area contributed by atoms with Crippen LogP contribution >= 0.6 is 0 Å². The molecule has 1 heterocycles. The molecular weight excluding hydrogens is 330 g/mol. The Hall–Kier alpha value is -3.28. The van der Waals surface area contributed by atoms with Crippen molar-refractivity contribution in [1.29, 1.82) is 0 Å². The highest BCUT2D eigenvalue weighted by Gasteiger charge is 2.14. The number of anilines is 2. The van der Waals surface area contributed by atoms with Crippen molar-refractivity contribution in [1.82, 2.24) is 4.57 Å². The minimum Gasteiger partial charge on any atom is -0.464 e. The molecule has 0 atom stereocenters. The van der Waals surface area contributed by atoms with Crippen molar-refractivity contribution < 1.29 is 14.3 Å². The molecule has 0 spiro atoms. The molecule has 6 heteroatoms. The minimum atomic E-state index is -0.459. The number of rotatable bonds is 5. The normalized spacial score (nSPS) is 12.0. The molecule has 1 amide bonds. The number of aryl methyl sites for hydroxylation is 1. The van der Waals surface area contributed by atoms with E-state index in [4.69, 9.17) is 10.5 Å². The molecule has 0 bridgehead atoms. The van der Waals surface area contributed by atoms with Gasteiger partial charge < -0.3 is 20.4 Å². The van der Waals surface area contributed by atoms with Crippen LogP contribution in [0.4, 0.5) is 11.4 Å². The molecule has 2 aromatic rings. The number of amides is 1. The van der Waals surface area contributed by atoms with E-state index >= 15 is 0 Å². The Morgan fingerprint density at radius 3 is 2.46 bits per heavy atom. The van der Waals surface area contributed by atoms with Crippen molar-refractivity contribution in [2.75, 3.05) is 18.2 Å². The second-order valence-corrected chi connectivity index (χ2v) is 5.86. The maximum Gasteiger partial charge on any atom is 0.354 e. The number of nitrogens with one attached hydrogen (secondary N) is 1. The van der Waals surface area contributed by atoms with E-state index in [1.807, 2.05) is 43.3 Å². The Kier molecular flexibility index (Phi) is 6.01. The zero-order chi connectivity index (χ0) is 19.3. The van der Waals surface area contributed by atoms with Crippen LogP contribution in [-0.4, -0.2) is 23.6 Å². The van der Waals surface area contributed by atoms with Crippen molar-refractivity contribution in [2.24, 2.45) is 7.05 Å². The lowest BCUT2D eigenvalue weighted by Crippen LogP contribution is -2.12. The summed E-state index contributed by atoms with van der Waals surface area (Å²) in [7, 11) is 3.03. The van der Waals surface area contributed by atoms with E-state index in [0.29, 0.717) is 22.6 Å². The first kappa shape index (κ1) is 19.1. The van der Waals surface area contributed by atoms with Crippen LogP contribution in [0.5, 0.6) is 0 Å². The van der Waals surface area contributed by atoms with Gasteiger partial charge >= 0.3 is 5.97 Å². The van der Waals surface area contributed by atoms with E-state index < -0.39 is 5.97 Å². The van der Waals surface area contributed by atoms with E-state index in [9.17, 15) is 9.59 Å². The van der Waals surface area contributed by atoms with Crippen molar-refractivity contribution in [3.05, 3.63) is 65.5 Å².